The van der Waals surface area contributed by atoms with Gasteiger partial charge in [-0.2, -0.15) is 0 Å². The van der Waals surface area contributed by atoms with Crippen LogP contribution < -0.4 is 10.6 Å². The number of carbonyl (C=O) groups is 1. The van der Waals surface area contributed by atoms with Crippen molar-refractivity contribution in [2.75, 3.05) is 19.7 Å². The van der Waals surface area contributed by atoms with Gasteiger partial charge in [-0.3, -0.25) is 4.79 Å². The molecule has 2 saturated heterocycles. The van der Waals surface area contributed by atoms with Crippen LogP contribution in [0.4, 0.5) is 0 Å². The maximum absolute atomic E-state index is 12.6. The molecule has 2 heterocycles. The molecule has 5 heteroatoms. The van der Waals surface area contributed by atoms with Crippen LogP contribution in [0.15, 0.2) is 0 Å². The van der Waals surface area contributed by atoms with Gasteiger partial charge in [0.25, 0.3) is 0 Å². The highest BCUT2D eigenvalue weighted by Gasteiger charge is 2.62. The van der Waals surface area contributed by atoms with Crippen LogP contribution in [0.2, 0.25) is 0 Å². The van der Waals surface area contributed by atoms with Crippen molar-refractivity contribution in [1.82, 2.24) is 10.6 Å². The second kappa shape index (κ2) is 5.10. The first-order valence-corrected chi connectivity index (χ1v) is 8.17. The van der Waals surface area contributed by atoms with Gasteiger partial charge in [0.2, 0.25) is 5.91 Å². The smallest absolute Gasteiger partial charge is 0.223 e. The summed E-state index contributed by atoms with van der Waals surface area (Å²) in [7, 11) is 0. The van der Waals surface area contributed by atoms with Crippen LogP contribution in [-0.4, -0.2) is 37.7 Å². The van der Waals surface area contributed by atoms with Crippen LogP contribution in [0.3, 0.4) is 0 Å². The summed E-state index contributed by atoms with van der Waals surface area (Å²) in [6.07, 6.45) is 4.93. The molecule has 2 saturated carbocycles. The second-order valence-corrected chi connectivity index (χ2v) is 7.92. The third kappa shape index (κ3) is 2.22. The summed E-state index contributed by atoms with van der Waals surface area (Å²) in [4.78, 5) is 12.6. The second-order valence-electron chi connectivity index (χ2n) is 7.92. The molecule has 4 rings (SSSR count). The number of halogens is 1. The third-order valence-electron chi connectivity index (χ3n) is 6.50. The van der Waals surface area contributed by atoms with Crippen LogP contribution in [0, 0.1) is 22.7 Å². The molecule has 4 atom stereocenters. The molecular weight excluding hydrogens is 288 g/mol. The summed E-state index contributed by atoms with van der Waals surface area (Å²) in [5, 5.41) is 6.77. The highest BCUT2D eigenvalue weighted by molar-refractivity contribution is 5.85. The minimum atomic E-state index is 0. The van der Waals surface area contributed by atoms with Crippen LogP contribution in [0.25, 0.3) is 0 Å². The average Bonchev–Trinajstić information content (AvgIpc) is 2.93. The van der Waals surface area contributed by atoms with Crippen molar-refractivity contribution >= 4 is 18.3 Å². The van der Waals surface area contributed by atoms with E-state index in [-0.39, 0.29) is 23.7 Å². The number of rotatable bonds is 2. The van der Waals surface area contributed by atoms with E-state index in [4.69, 9.17) is 4.74 Å². The summed E-state index contributed by atoms with van der Waals surface area (Å²) in [6, 6.07) is 0.321. The lowest BCUT2D eigenvalue weighted by Crippen LogP contribution is -2.67. The van der Waals surface area contributed by atoms with Gasteiger partial charge in [0.05, 0.1) is 6.10 Å². The molecule has 0 bridgehead atoms. The predicted octanol–water partition coefficient (Wildman–Crippen LogP) is 1.73. The van der Waals surface area contributed by atoms with Gasteiger partial charge >= 0.3 is 0 Å². The van der Waals surface area contributed by atoms with Gasteiger partial charge in [0.1, 0.15) is 0 Å². The molecule has 4 nitrogen and oxygen atoms in total. The van der Waals surface area contributed by atoms with Crippen molar-refractivity contribution < 1.29 is 9.53 Å². The van der Waals surface area contributed by atoms with E-state index in [0.717, 1.165) is 32.5 Å². The van der Waals surface area contributed by atoms with E-state index in [9.17, 15) is 4.79 Å². The first-order valence-electron chi connectivity index (χ1n) is 8.17. The van der Waals surface area contributed by atoms with E-state index < -0.39 is 0 Å². The molecule has 1 spiro atoms. The number of carbonyl (C=O) groups excluding carboxylic acids is 1. The minimum absolute atomic E-state index is 0. The number of ether oxygens (including phenoxy) is 1. The Bertz CT molecular complexity index is 434. The number of hydrogen-bond donors (Lipinski definition) is 2. The normalized spacial score (nSPS) is 41.6. The van der Waals surface area contributed by atoms with Crippen LogP contribution in [-0.2, 0) is 9.53 Å². The SMILES string of the molecule is CC1(C)C(NC(=O)C2CC23CCNCC3)C2CCOC21.Cl. The molecule has 0 aromatic carbocycles. The van der Waals surface area contributed by atoms with E-state index in [0.29, 0.717) is 29.4 Å². The van der Waals surface area contributed by atoms with Crippen molar-refractivity contribution in [2.24, 2.45) is 22.7 Å². The van der Waals surface area contributed by atoms with E-state index in [2.05, 4.69) is 24.5 Å². The first-order chi connectivity index (χ1) is 9.55. The molecule has 2 aliphatic carbocycles. The molecule has 1 amide bonds. The van der Waals surface area contributed by atoms with Gasteiger partial charge in [-0.05, 0) is 44.2 Å². The molecule has 0 aromatic heterocycles. The van der Waals surface area contributed by atoms with Gasteiger partial charge in [0.15, 0.2) is 0 Å². The fraction of sp³-hybridized carbons (Fsp3) is 0.938. The lowest BCUT2D eigenvalue weighted by atomic mass is 9.57. The molecule has 0 radical (unpaired) electrons. The molecule has 0 aromatic rings. The van der Waals surface area contributed by atoms with E-state index in [1.807, 2.05) is 0 Å². The number of piperidine rings is 1. The van der Waals surface area contributed by atoms with Gasteiger partial charge < -0.3 is 15.4 Å². The van der Waals surface area contributed by atoms with Gasteiger partial charge in [-0.25, -0.2) is 0 Å². The van der Waals surface area contributed by atoms with Gasteiger partial charge in [-0.1, -0.05) is 13.8 Å². The Morgan fingerprint density at radius 2 is 2.00 bits per heavy atom. The van der Waals surface area contributed by atoms with E-state index >= 15 is 0 Å². The van der Waals surface area contributed by atoms with Crippen molar-refractivity contribution in [3.63, 3.8) is 0 Å². The number of fused-ring (bicyclic) bond motifs is 1. The standard InChI is InChI=1S/C16H26N2O2.ClH/c1-15(2)12(10-3-8-20-13(10)15)18-14(19)11-9-16(11)4-6-17-7-5-16;/h10-13,17H,3-9H2,1-2H3,(H,18,19);1H. The Labute approximate surface area is 133 Å². The molecule has 2 aliphatic heterocycles. The Morgan fingerprint density at radius 1 is 1.29 bits per heavy atom. The molecule has 2 N–H and O–H groups in total. The minimum Gasteiger partial charge on any atom is -0.377 e. The van der Waals surface area contributed by atoms with E-state index in [1.165, 1.54) is 12.8 Å². The molecule has 4 fully saturated rings. The summed E-state index contributed by atoms with van der Waals surface area (Å²) in [5.74, 6) is 1.15. The van der Waals surface area contributed by atoms with Crippen molar-refractivity contribution in [1.29, 1.82) is 0 Å². The average molecular weight is 315 g/mol. The summed E-state index contributed by atoms with van der Waals surface area (Å²) < 4.78 is 5.81. The predicted molar refractivity (Wildman–Crippen MR) is 83.5 cm³/mol. The zero-order chi connectivity index (χ0) is 14.0. The molecule has 4 aliphatic rings. The molecular formula is C16H27ClN2O2. The summed E-state index contributed by atoms with van der Waals surface area (Å²) in [5.41, 5.74) is 0.446. The van der Waals surface area contributed by atoms with Gasteiger partial charge in [-0.15, -0.1) is 12.4 Å². The van der Waals surface area contributed by atoms with Crippen LogP contribution in [0.5, 0.6) is 0 Å². The van der Waals surface area contributed by atoms with Gasteiger partial charge in [0, 0.05) is 29.9 Å². The van der Waals surface area contributed by atoms with Crippen molar-refractivity contribution in [2.45, 2.75) is 51.7 Å². The largest absolute Gasteiger partial charge is 0.377 e. The lowest BCUT2D eigenvalue weighted by Gasteiger charge is -2.54. The Balaban J connectivity index is 0.00000132. The summed E-state index contributed by atoms with van der Waals surface area (Å²) in [6.45, 7) is 7.49. The monoisotopic (exact) mass is 314 g/mol. The van der Waals surface area contributed by atoms with Crippen molar-refractivity contribution in [3.8, 4) is 0 Å². The zero-order valence-electron chi connectivity index (χ0n) is 13.0. The van der Waals surface area contributed by atoms with Crippen LogP contribution >= 0.6 is 12.4 Å². The molecule has 4 unspecified atom stereocenters. The quantitative estimate of drug-likeness (QED) is 0.816. The first kappa shape index (κ1) is 15.6. The van der Waals surface area contributed by atoms with Crippen LogP contribution in [0.1, 0.15) is 39.5 Å². The molecule has 21 heavy (non-hydrogen) atoms. The fourth-order valence-corrected chi connectivity index (χ4v) is 5.07. The summed E-state index contributed by atoms with van der Waals surface area (Å²) >= 11 is 0. The maximum atomic E-state index is 12.6. The number of hydrogen-bond acceptors (Lipinski definition) is 3. The Kier molecular flexibility index (Phi) is 3.78. The van der Waals surface area contributed by atoms with E-state index in [1.54, 1.807) is 0 Å². The zero-order valence-corrected chi connectivity index (χ0v) is 13.8. The highest BCUT2D eigenvalue weighted by Crippen LogP contribution is 2.59. The Morgan fingerprint density at radius 3 is 2.71 bits per heavy atom. The maximum Gasteiger partial charge on any atom is 0.223 e. The third-order valence-corrected chi connectivity index (χ3v) is 6.50. The van der Waals surface area contributed by atoms with Crippen molar-refractivity contribution in [3.05, 3.63) is 0 Å². The highest BCUT2D eigenvalue weighted by atomic mass is 35.5. The topological polar surface area (TPSA) is 50.4 Å². The fourth-order valence-electron chi connectivity index (χ4n) is 5.07. The Hall–Kier alpha value is -0.320. The number of amides is 1. The lowest BCUT2D eigenvalue weighted by molar-refractivity contribution is -0.139. The number of nitrogens with one attached hydrogen (secondary N) is 2. The molecule has 120 valence electrons.